The van der Waals surface area contributed by atoms with Crippen molar-refractivity contribution >= 4 is 16.5 Å². The highest BCUT2D eigenvalue weighted by molar-refractivity contribution is 5.86. The fraction of sp³-hybridized carbons (Fsp3) is 0.292. The van der Waals surface area contributed by atoms with Crippen molar-refractivity contribution in [1.29, 1.82) is 0 Å². The normalized spacial score (nSPS) is 12.6. The van der Waals surface area contributed by atoms with E-state index in [2.05, 4.69) is 25.1 Å². The predicted molar refractivity (Wildman–Crippen MR) is 128 cm³/mol. The molecule has 0 radical (unpaired) electrons. The topological polar surface area (TPSA) is 115 Å². The van der Waals surface area contributed by atoms with Gasteiger partial charge in [-0.2, -0.15) is 27.1 Å². The number of anilines is 1. The maximum absolute atomic E-state index is 15.0. The fourth-order valence-corrected chi connectivity index (χ4v) is 4.03. The van der Waals surface area contributed by atoms with Crippen LogP contribution in [0.5, 0.6) is 5.75 Å². The lowest BCUT2D eigenvalue weighted by atomic mass is 10.1. The van der Waals surface area contributed by atoms with Crippen molar-refractivity contribution in [3.63, 3.8) is 0 Å². The van der Waals surface area contributed by atoms with Crippen LogP contribution in [0.25, 0.3) is 22.2 Å². The van der Waals surface area contributed by atoms with Crippen LogP contribution in [-0.2, 0) is 12.7 Å². The first-order valence-electron chi connectivity index (χ1n) is 11.6. The molecule has 4 rings (SSSR count). The number of hydrogen-bond acceptors (Lipinski definition) is 7. The summed E-state index contributed by atoms with van der Waals surface area (Å²) in [6, 6.07) is 1.92. The summed E-state index contributed by atoms with van der Waals surface area (Å²) in [5, 5.41) is 7.19. The maximum atomic E-state index is 15.0. The Morgan fingerprint density at radius 2 is 1.80 bits per heavy atom. The molecule has 0 fully saturated rings. The van der Waals surface area contributed by atoms with Gasteiger partial charge in [-0.1, -0.05) is 0 Å². The van der Waals surface area contributed by atoms with E-state index >= 15 is 0 Å². The van der Waals surface area contributed by atoms with E-state index in [4.69, 9.17) is 0 Å². The molecule has 0 aliphatic rings. The SMILES string of the molecule is C[C@@H](CCCn1ccc2cc(-c3ncc(OC(F)F)cn3)c(F)c(F)c2c1=O)Nc1cn[nH]c(=O)c1C(F)(F)F. The molecule has 0 aliphatic heterocycles. The van der Waals surface area contributed by atoms with E-state index in [1.54, 1.807) is 12.0 Å². The number of rotatable bonds is 9. The van der Waals surface area contributed by atoms with Gasteiger partial charge in [0.2, 0.25) is 0 Å². The molecule has 4 aromatic rings. The van der Waals surface area contributed by atoms with Crippen LogP contribution >= 0.6 is 0 Å². The molecular weight excluding hydrogens is 553 g/mol. The van der Waals surface area contributed by atoms with Gasteiger partial charge in [0, 0.05) is 18.8 Å². The Kier molecular flexibility index (Phi) is 8.06. The first kappa shape index (κ1) is 28.5. The van der Waals surface area contributed by atoms with E-state index in [0.717, 1.165) is 29.2 Å². The number of pyridine rings is 1. The molecule has 0 spiro atoms. The number of nitrogens with zero attached hydrogens (tertiary/aromatic N) is 4. The summed E-state index contributed by atoms with van der Waals surface area (Å²) in [7, 11) is 0. The smallest absolute Gasteiger partial charge is 0.423 e. The number of ether oxygens (including phenoxy) is 1. The Balaban J connectivity index is 1.50. The number of hydrogen-bond donors (Lipinski definition) is 2. The van der Waals surface area contributed by atoms with Gasteiger partial charge in [0.05, 0.1) is 35.2 Å². The number of H-pyrrole nitrogens is 1. The molecule has 1 atom stereocenters. The van der Waals surface area contributed by atoms with Crippen LogP contribution in [0.2, 0.25) is 0 Å². The van der Waals surface area contributed by atoms with Crippen molar-refractivity contribution < 1.29 is 35.5 Å². The number of fused-ring (bicyclic) bond motifs is 1. The molecule has 1 aromatic carbocycles. The Morgan fingerprint density at radius 3 is 2.45 bits per heavy atom. The Labute approximate surface area is 219 Å². The van der Waals surface area contributed by atoms with Crippen LogP contribution in [0.3, 0.4) is 0 Å². The average Bonchev–Trinajstić information content (AvgIpc) is 2.87. The van der Waals surface area contributed by atoms with Crippen LogP contribution in [0.1, 0.15) is 25.3 Å². The summed E-state index contributed by atoms with van der Waals surface area (Å²) in [5.41, 5.74) is -4.56. The number of aromatic amines is 1. The zero-order chi connectivity index (χ0) is 29.2. The lowest BCUT2D eigenvalue weighted by molar-refractivity contribution is -0.138. The number of halogens is 7. The monoisotopic (exact) mass is 572 g/mol. The molecule has 0 bridgehead atoms. The van der Waals surface area contributed by atoms with E-state index in [1.807, 2.05) is 0 Å². The van der Waals surface area contributed by atoms with E-state index in [-0.39, 0.29) is 36.3 Å². The second-order valence-electron chi connectivity index (χ2n) is 8.62. The maximum Gasteiger partial charge on any atom is 0.423 e. The van der Waals surface area contributed by atoms with Crippen LogP contribution < -0.4 is 21.2 Å². The minimum Gasteiger partial charge on any atom is -0.432 e. The molecule has 2 N–H and O–H groups in total. The Hall–Kier alpha value is -4.50. The van der Waals surface area contributed by atoms with Crippen molar-refractivity contribution in [2.24, 2.45) is 0 Å². The van der Waals surface area contributed by atoms with E-state index in [9.17, 15) is 40.3 Å². The zero-order valence-electron chi connectivity index (χ0n) is 20.4. The summed E-state index contributed by atoms with van der Waals surface area (Å²) in [5.74, 6) is -3.59. The van der Waals surface area contributed by atoms with Gasteiger partial charge in [0.15, 0.2) is 23.2 Å². The molecule has 0 saturated heterocycles. The molecule has 212 valence electrons. The van der Waals surface area contributed by atoms with Crippen molar-refractivity contribution in [3.05, 3.63) is 74.8 Å². The number of nitrogens with one attached hydrogen (secondary N) is 2. The van der Waals surface area contributed by atoms with Crippen molar-refractivity contribution in [1.82, 2.24) is 24.7 Å². The van der Waals surface area contributed by atoms with Crippen molar-refractivity contribution in [3.8, 4) is 17.1 Å². The number of aryl methyl sites for hydroxylation is 1. The van der Waals surface area contributed by atoms with E-state index in [1.165, 1.54) is 12.3 Å². The first-order valence-corrected chi connectivity index (χ1v) is 11.6. The zero-order valence-corrected chi connectivity index (χ0v) is 20.4. The average molecular weight is 572 g/mol. The van der Waals surface area contributed by atoms with Gasteiger partial charge >= 0.3 is 12.8 Å². The summed E-state index contributed by atoms with van der Waals surface area (Å²) < 4.78 is 99.4. The van der Waals surface area contributed by atoms with Crippen LogP contribution in [0.4, 0.5) is 36.4 Å². The van der Waals surface area contributed by atoms with Crippen LogP contribution in [-0.4, -0.2) is 37.4 Å². The molecule has 0 unspecified atom stereocenters. The lowest BCUT2D eigenvalue weighted by Gasteiger charge is -2.18. The van der Waals surface area contributed by atoms with Crippen molar-refractivity contribution in [2.45, 2.75) is 45.1 Å². The van der Waals surface area contributed by atoms with Gasteiger partial charge in [0.25, 0.3) is 11.1 Å². The third kappa shape index (κ3) is 6.05. The van der Waals surface area contributed by atoms with E-state index in [0.29, 0.717) is 0 Å². The highest BCUT2D eigenvalue weighted by Crippen LogP contribution is 2.32. The summed E-state index contributed by atoms with van der Waals surface area (Å²) >= 11 is 0. The summed E-state index contributed by atoms with van der Waals surface area (Å²) in [6.45, 7) is -1.53. The molecule has 0 saturated carbocycles. The van der Waals surface area contributed by atoms with E-state index < -0.39 is 63.8 Å². The van der Waals surface area contributed by atoms with Crippen LogP contribution in [0, 0.1) is 11.6 Å². The van der Waals surface area contributed by atoms with Gasteiger partial charge in [0.1, 0.15) is 5.56 Å². The predicted octanol–water partition coefficient (Wildman–Crippen LogP) is 4.72. The van der Waals surface area contributed by atoms with Crippen molar-refractivity contribution in [2.75, 3.05) is 5.32 Å². The van der Waals surface area contributed by atoms with Gasteiger partial charge < -0.3 is 14.6 Å². The molecule has 3 aromatic heterocycles. The number of aromatic nitrogens is 5. The molecular formula is C24H19F7N6O3. The number of benzene rings is 1. The third-order valence-electron chi connectivity index (χ3n) is 5.82. The molecule has 0 aliphatic carbocycles. The Bertz CT molecular complexity index is 1640. The largest absolute Gasteiger partial charge is 0.432 e. The minimum atomic E-state index is -4.91. The highest BCUT2D eigenvalue weighted by Gasteiger charge is 2.37. The van der Waals surface area contributed by atoms with Gasteiger partial charge in [-0.15, -0.1) is 0 Å². The summed E-state index contributed by atoms with van der Waals surface area (Å²) in [4.78, 5) is 31.9. The molecule has 3 heterocycles. The molecule has 40 heavy (non-hydrogen) atoms. The van der Waals surface area contributed by atoms with Gasteiger partial charge in [-0.3, -0.25) is 9.59 Å². The quantitative estimate of drug-likeness (QED) is 0.279. The second kappa shape index (κ2) is 11.3. The van der Waals surface area contributed by atoms with Crippen LogP contribution in [0.15, 0.2) is 46.5 Å². The standard InChI is InChI=1S/C24H19F7N6O3/c1-11(35-15-10-34-36-21(38)17(15)24(29,30)31)3-2-5-37-6-4-12-7-14(18(25)19(26)16(12)22(37)39)20-32-8-13(9-33-20)40-23(27)28/h4,6-11,23H,2-3,5H2,1H3,(H2,35,36,38)/t11-/m0/s1. The highest BCUT2D eigenvalue weighted by atomic mass is 19.4. The molecule has 0 amide bonds. The van der Waals surface area contributed by atoms with Gasteiger partial charge in [-0.25, -0.2) is 23.8 Å². The first-order chi connectivity index (χ1) is 18.9. The lowest BCUT2D eigenvalue weighted by Crippen LogP contribution is -2.27. The summed E-state index contributed by atoms with van der Waals surface area (Å²) in [6.07, 6.45) is -0.508. The fourth-order valence-electron chi connectivity index (χ4n) is 4.03. The second-order valence-corrected chi connectivity index (χ2v) is 8.62. The molecule has 16 heteroatoms. The minimum absolute atomic E-state index is 0.0259. The number of alkyl halides is 5. The third-order valence-corrected chi connectivity index (χ3v) is 5.82. The molecule has 9 nitrogen and oxygen atoms in total. The van der Waals surface area contributed by atoms with Gasteiger partial charge in [-0.05, 0) is 37.3 Å². The Morgan fingerprint density at radius 1 is 1.10 bits per heavy atom.